The molecule has 1 aromatic heterocycles. The van der Waals surface area contributed by atoms with Gasteiger partial charge in [-0.2, -0.15) is 9.36 Å². The third kappa shape index (κ3) is 5.40. The molecule has 8 heteroatoms. The Balaban J connectivity index is 1.43. The van der Waals surface area contributed by atoms with E-state index in [-0.39, 0.29) is 12.3 Å². The molecular formula is C26H27N5O3. The van der Waals surface area contributed by atoms with Crippen molar-refractivity contribution >= 4 is 5.71 Å². The Labute approximate surface area is 198 Å². The number of nitrogens with zero attached hydrogens (tertiary/aromatic N) is 5. The average Bonchev–Trinajstić information content (AvgIpc) is 3.19. The minimum atomic E-state index is -0.312. The number of benzene rings is 3. The Kier molecular flexibility index (Phi) is 7.17. The molecule has 0 aliphatic carbocycles. The van der Waals surface area contributed by atoms with Crippen molar-refractivity contribution in [1.29, 1.82) is 0 Å². The van der Waals surface area contributed by atoms with Crippen LogP contribution >= 0.6 is 0 Å². The van der Waals surface area contributed by atoms with Gasteiger partial charge >= 0.3 is 5.69 Å². The van der Waals surface area contributed by atoms with Crippen LogP contribution in [0, 0.1) is 6.92 Å². The second-order valence-electron chi connectivity index (χ2n) is 7.93. The predicted molar refractivity (Wildman–Crippen MR) is 130 cm³/mol. The highest BCUT2D eigenvalue weighted by atomic mass is 16.6. The minimum absolute atomic E-state index is 0.276. The highest BCUT2D eigenvalue weighted by molar-refractivity contribution is 5.98. The Morgan fingerprint density at radius 3 is 2.56 bits per heavy atom. The average molecular weight is 458 g/mol. The lowest BCUT2D eigenvalue weighted by Crippen LogP contribution is -2.23. The summed E-state index contributed by atoms with van der Waals surface area (Å²) in [5.41, 5.74) is 5.09. The first-order chi connectivity index (χ1) is 16.5. The van der Waals surface area contributed by atoms with E-state index in [0.717, 1.165) is 28.8 Å². The van der Waals surface area contributed by atoms with Crippen LogP contribution in [-0.2, 0) is 24.9 Å². The molecule has 0 saturated heterocycles. The van der Waals surface area contributed by atoms with E-state index < -0.39 is 0 Å². The standard InChI is InChI=1S/C26H27N5O3/c1-19-9-7-14-25(31-26(32)30(3)28-29-31)24(19)18-33-23-13-8-12-22(17-23)20(2)27-34-16-15-21-10-5-4-6-11-21/h4-14,17H,15-16,18H2,1-3H3. The summed E-state index contributed by atoms with van der Waals surface area (Å²) in [6.45, 7) is 4.67. The summed E-state index contributed by atoms with van der Waals surface area (Å²) < 4.78 is 8.57. The fourth-order valence-electron chi connectivity index (χ4n) is 3.51. The summed E-state index contributed by atoms with van der Waals surface area (Å²) in [6.07, 6.45) is 0.800. The van der Waals surface area contributed by atoms with Gasteiger partial charge < -0.3 is 9.57 Å². The summed E-state index contributed by atoms with van der Waals surface area (Å²) in [7, 11) is 1.57. The van der Waals surface area contributed by atoms with Gasteiger partial charge in [0.2, 0.25) is 0 Å². The Bertz CT molecular complexity index is 1340. The molecule has 0 atom stereocenters. The van der Waals surface area contributed by atoms with Crippen molar-refractivity contribution in [2.24, 2.45) is 12.2 Å². The van der Waals surface area contributed by atoms with Crippen LogP contribution in [0.25, 0.3) is 5.69 Å². The molecule has 0 radical (unpaired) electrons. The van der Waals surface area contributed by atoms with Gasteiger partial charge in [-0.05, 0) is 53.6 Å². The quantitative estimate of drug-likeness (QED) is 0.217. The molecule has 3 aromatic carbocycles. The molecule has 4 aromatic rings. The number of hydrogen-bond donors (Lipinski definition) is 0. The van der Waals surface area contributed by atoms with Gasteiger partial charge in [-0.25, -0.2) is 4.79 Å². The van der Waals surface area contributed by atoms with Crippen LogP contribution in [0.3, 0.4) is 0 Å². The van der Waals surface area contributed by atoms with Gasteiger partial charge in [0.25, 0.3) is 0 Å². The number of ether oxygens (including phenoxy) is 1. The molecule has 0 unspecified atom stereocenters. The van der Waals surface area contributed by atoms with Crippen molar-refractivity contribution in [1.82, 2.24) is 19.8 Å². The Morgan fingerprint density at radius 1 is 1.00 bits per heavy atom. The summed E-state index contributed by atoms with van der Waals surface area (Å²) in [5, 5.41) is 12.0. The van der Waals surface area contributed by atoms with E-state index in [4.69, 9.17) is 9.57 Å². The van der Waals surface area contributed by atoms with Crippen LogP contribution in [0.15, 0.2) is 82.7 Å². The lowest BCUT2D eigenvalue weighted by Gasteiger charge is -2.13. The zero-order valence-corrected chi connectivity index (χ0v) is 19.5. The van der Waals surface area contributed by atoms with Crippen LogP contribution < -0.4 is 10.4 Å². The lowest BCUT2D eigenvalue weighted by molar-refractivity contribution is 0.147. The van der Waals surface area contributed by atoms with E-state index in [1.165, 1.54) is 14.9 Å². The van der Waals surface area contributed by atoms with Crippen molar-refractivity contribution < 1.29 is 9.57 Å². The molecule has 34 heavy (non-hydrogen) atoms. The summed E-state index contributed by atoms with van der Waals surface area (Å²) in [4.78, 5) is 17.9. The lowest BCUT2D eigenvalue weighted by atomic mass is 10.1. The second kappa shape index (κ2) is 10.6. The van der Waals surface area contributed by atoms with E-state index in [0.29, 0.717) is 18.0 Å². The van der Waals surface area contributed by atoms with Crippen molar-refractivity contribution in [2.75, 3.05) is 6.61 Å². The maximum atomic E-state index is 12.4. The molecule has 4 rings (SSSR count). The first-order valence-electron chi connectivity index (χ1n) is 11.0. The van der Waals surface area contributed by atoms with Gasteiger partial charge in [0, 0.05) is 24.6 Å². The van der Waals surface area contributed by atoms with Crippen molar-refractivity contribution in [3.05, 3.63) is 106 Å². The number of oxime groups is 1. The topological polar surface area (TPSA) is 83.5 Å². The number of aryl methyl sites for hydroxylation is 2. The van der Waals surface area contributed by atoms with E-state index in [1.54, 1.807) is 7.05 Å². The molecular weight excluding hydrogens is 430 g/mol. The summed E-state index contributed by atoms with van der Waals surface area (Å²) in [6, 6.07) is 23.6. The zero-order valence-electron chi connectivity index (χ0n) is 19.5. The number of aromatic nitrogens is 4. The third-order valence-electron chi connectivity index (χ3n) is 5.50. The predicted octanol–water partition coefficient (Wildman–Crippen LogP) is 3.84. The highest BCUT2D eigenvalue weighted by Crippen LogP contribution is 2.21. The van der Waals surface area contributed by atoms with Gasteiger partial charge in [0.1, 0.15) is 19.0 Å². The fourth-order valence-corrected chi connectivity index (χ4v) is 3.51. The van der Waals surface area contributed by atoms with Crippen LogP contribution in [0.2, 0.25) is 0 Å². The Morgan fingerprint density at radius 2 is 1.79 bits per heavy atom. The molecule has 0 spiro atoms. The molecule has 0 aliphatic rings. The second-order valence-corrected chi connectivity index (χ2v) is 7.93. The molecule has 174 valence electrons. The smallest absolute Gasteiger partial charge is 0.368 e. The van der Waals surface area contributed by atoms with Gasteiger partial charge in [-0.1, -0.05) is 59.8 Å². The molecule has 0 bridgehead atoms. The van der Waals surface area contributed by atoms with Gasteiger partial charge in [0.15, 0.2) is 0 Å². The SMILES string of the molecule is CC(=NOCCc1ccccc1)c1cccc(OCc2c(C)cccc2-n2nnn(C)c2=O)c1. The highest BCUT2D eigenvalue weighted by Gasteiger charge is 2.13. The molecule has 0 amide bonds. The summed E-state index contributed by atoms with van der Waals surface area (Å²) >= 11 is 0. The summed E-state index contributed by atoms with van der Waals surface area (Å²) in [5.74, 6) is 0.692. The monoisotopic (exact) mass is 457 g/mol. The van der Waals surface area contributed by atoms with Crippen molar-refractivity contribution in [3.63, 3.8) is 0 Å². The maximum absolute atomic E-state index is 12.4. The van der Waals surface area contributed by atoms with Crippen LogP contribution in [0.5, 0.6) is 5.75 Å². The normalized spacial score (nSPS) is 11.4. The van der Waals surface area contributed by atoms with Crippen LogP contribution in [0.1, 0.15) is 29.2 Å². The van der Waals surface area contributed by atoms with Crippen molar-refractivity contribution in [3.8, 4) is 11.4 Å². The van der Waals surface area contributed by atoms with E-state index in [2.05, 4.69) is 27.7 Å². The molecule has 0 fully saturated rings. The number of rotatable bonds is 9. The van der Waals surface area contributed by atoms with E-state index in [1.807, 2.05) is 74.5 Å². The molecule has 0 N–H and O–H groups in total. The zero-order chi connectivity index (χ0) is 23.9. The van der Waals surface area contributed by atoms with Crippen LogP contribution in [-0.4, -0.2) is 32.1 Å². The molecule has 1 heterocycles. The first kappa shape index (κ1) is 23.0. The van der Waals surface area contributed by atoms with E-state index in [9.17, 15) is 4.79 Å². The Hall–Kier alpha value is -4.20. The molecule has 8 nitrogen and oxygen atoms in total. The van der Waals surface area contributed by atoms with Gasteiger partial charge in [0.05, 0.1) is 11.4 Å². The maximum Gasteiger partial charge on any atom is 0.368 e. The number of tetrazole rings is 1. The number of hydrogen-bond acceptors (Lipinski definition) is 6. The fraction of sp³-hybridized carbons (Fsp3) is 0.231. The van der Waals surface area contributed by atoms with Gasteiger partial charge in [-0.3, -0.25) is 0 Å². The minimum Gasteiger partial charge on any atom is -0.489 e. The molecule has 0 saturated carbocycles. The third-order valence-corrected chi connectivity index (χ3v) is 5.50. The largest absolute Gasteiger partial charge is 0.489 e. The van der Waals surface area contributed by atoms with Crippen molar-refractivity contribution in [2.45, 2.75) is 26.9 Å². The van der Waals surface area contributed by atoms with Crippen LogP contribution in [0.4, 0.5) is 0 Å². The van der Waals surface area contributed by atoms with Gasteiger partial charge in [-0.15, -0.1) is 0 Å². The first-order valence-corrected chi connectivity index (χ1v) is 11.0. The van der Waals surface area contributed by atoms with E-state index >= 15 is 0 Å². The molecule has 0 aliphatic heterocycles.